The van der Waals surface area contributed by atoms with Gasteiger partial charge in [0.05, 0.1) is 17.1 Å². The number of fused-ring (bicyclic) bond motifs is 1. The number of carbonyl (C=O) groups is 2. The molecular weight excluding hydrogens is 246 g/mol. The maximum Gasteiger partial charge on any atom is 0.162 e. The molecule has 0 bridgehead atoms. The molecule has 1 aromatic carbocycles. The second kappa shape index (κ2) is 5.31. The molecule has 19 heavy (non-hydrogen) atoms. The molecule has 0 aliphatic carbocycles. The van der Waals surface area contributed by atoms with Gasteiger partial charge in [-0.15, -0.1) is 0 Å². The Labute approximate surface area is 108 Å². The molecule has 2 aromatic rings. The van der Waals surface area contributed by atoms with Crippen molar-refractivity contribution in [2.75, 3.05) is 0 Å². The summed E-state index contributed by atoms with van der Waals surface area (Å²) < 4.78 is 0. The fourth-order valence-electron chi connectivity index (χ4n) is 1.76. The third-order valence-electron chi connectivity index (χ3n) is 2.71. The molecule has 0 aliphatic rings. The monoisotopic (exact) mass is 256 g/mol. The van der Waals surface area contributed by atoms with Crippen LogP contribution in [0.1, 0.15) is 24.6 Å². The summed E-state index contributed by atoms with van der Waals surface area (Å²) in [7, 11) is 0. The number of benzene rings is 1. The highest BCUT2D eigenvalue weighted by molar-refractivity contribution is 5.90. The van der Waals surface area contributed by atoms with Crippen LogP contribution in [-0.2, 0) is 9.59 Å². The van der Waals surface area contributed by atoms with E-state index in [-0.39, 0.29) is 12.2 Å². The summed E-state index contributed by atoms with van der Waals surface area (Å²) in [6, 6.07) is 9.00. The van der Waals surface area contributed by atoms with Gasteiger partial charge in [0, 0.05) is 12.4 Å². The number of rotatable bonds is 5. The number of aromatic nitrogens is 2. The summed E-state index contributed by atoms with van der Waals surface area (Å²) in [6.07, 6.45) is -0.630. The van der Waals surface area contributed by atoms with Gasteiger partial charge in [-0.25, -0.2) is 4.98 Å². The number of hydrogen-bond donors (Lipinski definition) is 1. The number of carboxylic acid groups (broad SMARTS) is 1. The van der Waals surface area contributed by atoms with Crippen LogP contribution in [-0.4, -0.2) is 21.7 Å². The van der Waals surface area contributed by atoms with Crippen LogP contribution in [0.4, 0.5) is 0 Å². The molecular formula is C13H10N3O3-. The molecule has 2 rings (SSSR count). The smallest absolute Gasteiger partial charge is 0.162 e. The number of nitrogens with one attached hydrogen (secondary N) is 1. The number of aromatic amines is 1. The molecule has 1 unspecified atom stereocenters. The summed E-state index contributed by atoms with van der Waals surface area (Å²) in [5.74, 6) is -2.63. The average Bonchev–Trinajstić information content (AvgIpc) is 2.80. The minimum atomic E-state index is -1.31. The zero-order valence-corrected chi connectivity index (χ0v) is 9.92. The second-order valence-corrected chi connectivity index (χ2v) is 4.04. The van der Waals surface area contributed by atoms with Crippen molar-refractivity contribution in [2.45, 2.75) is 18.8 Å². The number of Topliss-reactive ketones (excluding diaryl/α,β-unsaturated/α-hetero) is 1. The standard InChI is InChI=1S/C13H11N3O3/c14-7-8(11(17)5-6-12(18)19)13-15-9-3-1-2-4-10(9)16-13/h1-4,8H,5-6H2,(H,15,16)(H,18,19)/p-1. The largest absolute Gasteiger partial charge is 0.550 e. The Morgan fingerprint density at radius 1 is 1.37 bits per heavy atom. The topological polar surface area (TPSA) is 110 Å². The first-order chi connectivity index (χ1) is 9.11. The van der Waals surface area contributed by atoms with E-state index in [1.807, 2.05) is 12.1 Å². The highest BCUT2D eigenvalue weighted by Crippen LogP contribution is 2.19. The van der Waals surface area contributed by atoms with E-state index in [4.69, 9.17) is 5.26 Å². The second-order valence-electron chi connectivity index (χ2n) is 4.04. The summed E-state index contributed by atoms with van der Waals surface area (Å²) in [4.78, 5) is 29.2. The Morgan fingerprint density at radius 2 is 2.11 bits per heavy atom. The predicted molar refractivity (Wildman–Crippen MR) is 63.7 cm³/mol. The zero-order valence-electron chi connectivity index (χ0n) is 9.92. The molecule has 0 saturated heterocycles. The van der Waals surface area contributed by atoms with Crippen LogP contribution in [0.3, 0.4) is 0 Å². The lowest BCUT2D eigenvalue weighted by atomic mass is 10.0. The van der Waals surface area contributed by atoms with E-state index >= 15 is 0 Å². The van der Waals surface area contributed by atoms with Crippen LogP contribution in [0, 0.1) is 11.3 Å². The fraction of sp³-hybridized carbons (Fsp3) is 0.231. The lowest BCUT2D eigenvalue weighted by Crippen LogP contribution is -2.24. The van der Waals surface area contributed by atoms with Crippen molar-refractivity contribution >= 4 is 22.8 Å². The van der Waals surface area contributed by atoms with E-state index < -0.39 is 24.1 Å². The highest BCUT2D eigenvalue weighted by Gasteiger charge is 2.23. The molecule has 1 aromatic heterocycles. The lowest BCUT2D eigenvalue weighted by molar-refractivity contribution is -0.305. The number of carboxylic acids is 1. The molecule has 0 amide bonds. The molecule has 0 saturated carbocycles. The van der Waals surface area contributed by atoms with Gasteiger partial charge in [0.1, 0.15) is 5.82 Å². The first-order valence-corrected chi connectivity index (χ1v) is 5.68. The Bertz CT molecular complexity index is 636. The average molecular weight is 256 g/mol. The third-order valence-corrected chi connectivity index (χ3v) is 2.71. The van der Waals surface area contributed by atoms with Crippen molar-refractivity contribution in [3.05, 3.63) is 30.1 Å². The quantitative estimate of drug-likeness (QED) is 0.825. The minimum Gasteiger partial charge on any atom is -0.550 e. The van der Waals surface area contributed by atoms with Crippen molar-refractivity contribution in [1.29, 1.82) is 5.26 Å². The molecule has 1 atom stereocenters. The minimum absolute atomic E-state index is 0.238. The maximum atomic E-state index is 11.8. The van der Waals surface area contributed by atoms with Gasteiger partial charge < -0.3 is 14.9 Å². The number of carbonyl (C=O) groups excluding carboxylic acids is 2. The van der Waals surface area contributed by atoms with Crippen LogP contribution >= 0.6 is 0 Å². The number of H-pyrrole nitrogens is 1. The maximum absolute atomic E-state index is 11.8. The van der Waals surface area contributed by atoms with Gasteiger partial charge in [-0.05, 0) is 18.6 Å². The van der Waals surface area contributed by atoms with Gasteiger partial charge >= 0.3 is 0 Å². The van der Waals surface area contributed by atoms with Crippen molar-refractivity contribution in [3.8, 4) is 6.07 Å². The van der Waals surface area contributed by atoms with Crippen LogP contribution in [0.25, 0.3) is 11.0 Å². The van der Waals surface area contributed by atoms with E-state index in [2.05, 4.69) is 9.97 Å². The normalized spacial score (nSPS) is 11.9. The Morgan fingerprint density at radius 3 is 2.74 bits per heavy atom. The van der Waals surface area contributed by atoms with Gasteiger partial charge in [-0.3, -0.25) is 4.79 Å². The molecule has 1 N–H and O–H groups in total. The first kappa shape index (κ1) is 12.8. The third kappa shape index (κ3) is 2.77. The molecule has 6 heteroatoms. The van der Waals surface area contributed by atoms with E-state index in [0.29, 0.717) is 5.52 Å². The number of para-hydroxylation sites is 2. The summed E-state index contributed by atoms with van der Waals surface area (Å²) >= 11 is 0. The van der Waals surface area contributed by atoms with Gasteiger partial charge in [0.25, 0.3) is 0 Å². The van der Waals surface area contributed by atoms with Crippen LogP contribution in [0.15, 0.2) is 24.3 Å². The van der Waals surface area contributed by atoms with Crippen molar-refractivity contribution in [2.24, 2.45) is 0 Å². The van der Waals surface area contributed by atoms with E-state index in [9.17, 15) is 14.7 Å². The lowest BCUT2D eigenvalue weighted by Gasteiger charge is -2.05. The number of aliphatic carboxylic acids is 1. The number of nitrogens with zero attached hydrogens (tertiary/aromatic N) is 2. The number of ketones is 1. The van der Waals surface area contributed by atoms with Crippen LogP contribution in [0.5, 0.6) is 0 Å². The summed E-state index contributed by atoms with van der Waals surface area (Å²) in [5, 5.41) is 19.4. The molecule has 96 valence electrons. The molecule has 0 fully saturated rings. The molecule has 6 nitrogen and oxygen atoms in total. The molecule has 0 spiro atoms. The van der Waals surface area contributed by atoms with Gasteiger partial charge in [-0.2, -0.15) is 5.26 Å². The number of imidazole rings is 1. The van der Waals surface area contributed by atoms with Crippen LogP contribution < -0.4 is 5.11 Å². The van der Waals surface area contributed by atoms with Gasteiger partial charge in [0.2, 0.25) is 0 Å². The van der Waals surface area contributed by atoms with E-state index in [1.165, 1.54) is 0 Å². The Kier molecular flexibility index (Phi) is 3.57. The summed E-state index contributed by atoms with van der Waals surface area (Å²) in [5.41, 5.74) is 1.39. The zero-order chi connectivity index (χ0) is 13.8. The van der Waals surface area contributed by atoms with E-state index in [1.54, 1.807) is 18.2 Å². The van der Waals surface area contributed by atoms with Crippen LogP contribution in [0.2, 0.25) is 0 Å². The number of nitriles is 1. The van der Waals surface area contributed by atoms with Gasteiger partial charge in [0.15, 0.2) is 11.7 Å². The molecule has 0 aliphatic heterocycles. The summed E-state index contributed by atoms with van der Waals surface area (Å²) in [6.45, 7) is 0. The molecule has 1 heterocycles. The van der Waals surface area contributed by atoms with Crippen molar-refractivity contribution in [3.63, 3.8) is 0 Å². The van der Waals surface area contributed by atoms with Gasteiger partial charge in [-0.1, -0.05) is 12.1 Å². The number of hydrogen-bond acceptors (Lipinski definition) is 5. The van der Waals surface area contributed by atoms with Crippen molar-refractivity contribution < 1.29 is 14.7 Å². The first-order valence-electron chi connectivity index (χ1n) is 5.68. The predicted octanol–water partition coefficient (Wildman–Crippen LogP) is 0.269. The Hall–Kier alpha value is -2.68. The highest BCUT2D eigenvalue weighted by atomic mass is 16.4. The molecule has 0 radical (unpaired) electrons. The SMILES string of the molecule is N#CC(C(=O)CCC(=O)[O-])c1nc2ccccc2[nH]1. The Balaban J connectivity index is 2.24. The fourth-order valence-corrected chi connectivity index (χ4v) is 1.76. The van der Waals surface area contributed by atoms with Crippen molar-refractivity contribution in [1.82, 2.24) is 9.97 Å². The van der Waals surface area contributed by atoms with E-state index in [0.717, 1.165) is 5.52 Å².